The van der Waals surface area contributed by atoms with Gasteiger partial charge in [0, 0.05) is 13.0 Å². The number of nitrogens with one attached hydrogen (secondary N) is 1. The molecule has 0 spiro atoms. The molecule has 4 N–H and O–H groups in total. The van der Waals surface area contributed by atoms with Crippen LogP contribution < -0.4 is 11.1 Å². The second-order valence-electron chi connectivity index (χ2n) is 2.80. The SMILES string of the molecule is CC(CCNC(=O)O)CC(N)=O. The summed E-state index contributed by atoms with van der Waals surface area (Å²) in [6.45, 7) is 2.22. The van der Waals surface area contributed by atoms with Crippen LogP contribution in [0.1, 0.15) is 19.8 Å². The van der Waals surface area contributed by atoms with E-state index < -0.39 is 6.09 Å². The summed E-state index contributed by atoms with van der Waals surface area (Å²) in [5.74, 6) is -0.216. The van der Waals surface area contributed by atoms with Gasteiger partial charge in [0.1, 0.15) is 0 Å². The summed E-state index contributed by atoms with van der Waals surface area (Å²) >= 11 is 0. The Labute approximate surface area is 70.9 Å². The molecule has 12 heavy (non-hydrogen) atoms. The van der Waals surface area contributed by atoms with Crippen LogP contribution in [0.25, 0.3) is 0 Å². The van der Waals surface area contributed by atoms with E-state index in [-0.39, 0.29) is 11.8 Å². The molecule has 0 aliphatic carbocycles. The quantitative estimate of drug-likeness (QED) is 0.554. The fourth-order valence-corrected chi connectivity index (χ4v) is 0.871. The Morgan fingerprint density at radius 2 is 2.17 bits per heavy atom. The average Bonchev–Trinajstić information content (AvgIpc) is 1.84. The van der Waals surface area contributed by atoms with Crippen molar-refractivity contribution in [3.8, 4) is 0 Å². The van der Waals surface area contributed by atoms with Gasteiger partial charge in [-0.2, -0.15) is 0 Å². The van der Waals surface area contributed by atoms with Crippen molar-refractivity contribution in [1.82, 2.24) is 5.32 Å². The van der Waals surface area contributed by atoms with E-state index in [4.69, 9.17) is 10.8 Å². The van der Waals surface area contributed by atoms with E-state index in [0.29, 0.717) is 19.4 Å². The molecule has 0 aromatic rings. The highest BCUT2D eigenvalue weighted by molar-refractivity contribution is 5.73. The number of carboxylic acid groups (broad SMARTS) is 1. The fraction of sp³-hybridized carbons (Fsp3) is 0.714. The van der Waals surface area contributed by atoms with Gasteiger partial charge in [-0.05, 0) is 12.3 Å². The zero-order valence-electron chi connectivity index (χ0n) is 7.04. The smallest absolute Gasteiger partial charge is 0.404 e. The van der Waals surface area contributed by atoms with Crippen LogP contribution in [-0.4, -0.2) is 23.7 Å². The normalized spacial score (nSPS) is 12.1. The highest BCUT2D eigenvalue weighted by Gasteiger charge is 2.05. The van der Waals surface area contributed by atoms with Crippen molar-refractivity contribution in [3.05, 3.63) is 0 Å². The van der Waals surface area contributed by atoms with Gasteiger partial charge < -0.3 is 16.2 Å². The maximum Gasteiger partial charge on any atom is 0.404 e. The van der Waals surface area contributed by atoms with Gasteiger partial charge in [0.15, 0.2) is 0 Å². The lowest BCUT2D eigenvalue weighted by Crippen LogP contribution is -2.24. The molecule has 0 rings (SSSR count). The second kappa shape index (κ2) is 5.40. The Bertz CT molecular complexity index is 170. The molecule has 0 radical (unpaired) electrons. The summed E-state index contributed by atoms with van der Waals surface area (Å²) in [6.07, 6.45) is -0.0995. The maximum atomic E-state index is 10.4. The molecule has 1 unspecified atom stereocenters. The van der Waals surface area contributed by atoms with Gasteiger partial charge in [-0.3, -0.25) is 4.79 Å². The molecule has 0 aromatic heterocycles. The van der Waals surface area contributed by atoms with Gasteiger partial charge in [0.2, 0.25) is 5.91 Å². The molecule has 1 atom stereocenters. The molecule has 5 heteroatoms. The molecule has 0 fully saturated rings. The molecule has 0 saturated heterocycles. The topological polar surface area (TPSA) is 92.4 Å². The monoisotopic (exact) mass is 174 g/mol. The molecule has 0 aliphatic heterocycles. The second-order valence-corrected chi connectivity index (χ2v) is 2.80. The van der Waals surface area contributed by atoms with Gasteiger partial charge in [-0.25, -0.2) is 4.79 Å². The van der Waals surface area contributed by atoms with Gasteiger partial charge in [-0.1, -0.05) is 6.92 Å². The van der Waals surface area contributed by atoms with Crippen LogP contribution in [0, 0.1) is 5.92 Å². The third-order valence-electron chi connectivity index (χ3n) is 1.46. The van der Waals surface area contributed by atoms with Crippen LogP contribution in [0.5, 0.6) is 0 Å². The first-order valence-electron chi connectivity index (χ1n) is 3.77. The van der Waals surface area contributed by atoms with Crippen LogP contribution in [0.3, 0.4) is 0 Å². The number of amides is 2. The van der Waals surface area contributed by atoms with E-state index in [9.17, 15) is 9.59 Å². The minimum absolute atomic E-state index is 0.134. The molecule has 0 bridgehead atoms. The number of carbonyl (C=O) groups is 2. The first-order valence-corrected chi connectivity index (χ1v) is 3.77. The maximum absolute atomic E-state index is 10.4. The third kappa shape index (κ3) is 6.85. The Balaban J connectivity index is 3.37. The number of hydrogen-bond acceptors (Lipinski definition) is 2. The van der Waals surface area contributed by atoms with Crippen molar-refractivity contribution in [2.75, 3.05) is 6.54 Å². The largest absolute Gasteiger partial charge is 0.465 e. The van der Waals surface area contributed by atoms with E-state index in [1.807, 2.05) is 6.92 Å². The number of primary amides is 1. The van der Waals surface area contributed by atoms with Crippen LogP contribution in [0.2, 0.25) is 0 Å². The lowest BCUT2D eigenvalue weighted by molar-refractivity contribution is -0.118. The van der Waals surface area contributed by atoms with Crippen molar-refractivity contribution in [3.63, 3.8) is 0 Å². The van der Waals surface area contributed by atoms with E-state index in [2.05, 4.69) is 5.32 Å². The Kier molecular flexibility index (Phi) is 4.83. The third-order valence-corrected chi connectivity index (χ3v) is 1.46. The first kappa shape index (κ1) is 10.7. The van der Waals surface area contributed by atoms with Crippen LogP contribution in [-0.2, 0) is 4.79 Å². The summed E-state index contributed by atoms with van der Waals surface area (Å²) < 4.78 is 0. The predicted octanol–water partition coefficient (Wildman–Crippen LogP) is 0.156. The van der Waals surface area contributed by atoms with Gasteiger partial charge in [0.05, 0.1) is 0 Å². The molecule has 2 amide bonds. The Hall–Kier alpha value is -1.26. The lowest BCUT2D eigenvalue weighted by Gasteiger charge is -2.07. The molecule has 0 aromatic carbocycles. The van der Waals surface area contributed by atoms with Crippen LogP contribution in [0.15, 0.2) is 0 Å². The Morgan fingerprint density at radius 3 is 2.58 bits per heavy atom. The van der Waals surface area contributed by atoms with Crippen LogP contribution in [0.4, 0.5) is 4.79 Å². The zero-order valence-corrected chi connectivity index (χ0v) is 7.04. The minimum atomic E-state index is -1.04. The summed E-state index contributed by atoms with van der Waals surface area (Å²) in [7, 11) is 0. The highest BCUT2D eigenvalue weighted by atomic mass is 16.4. The fourth-order valence-electron chi connectivity index (χ4n) is 0.871. The number of carbonyl (C=O) groups excluding carboxylic acids is 1. The summed E-state index contributed by atoms with van der Waals surface area (Å²) in [5, 5.41) is 10.4. The van der Waals surface area contributed by atoms with E-state index in [1.165, 1.54) is 0 Å². The first-order chi connectivity index (χ1) is 5.52. The van der Waals surface area contributed by atoms with Crippen LogP contribution >= 0.6 is 0 Å². The number of nitrogens with two attached hydrogens (primary N) is 1. The van der Waals surface area contributed by atoms with Crippen molar-refractivity contribution < 1.29 is 14.7 Å². The average molecular weight is 174 g/mol. The summed E-state index contributed by atoms with van der Waals surface area (Å²) in [5.41, 5.74) is 4.95. The number of hydrogen-bond donors (Lipinski definition) is 3. The molecule has 0 aliphatic rings. The molecule has 5 nitrogen and oxygen atoms in total. The van der Waals surface area contributed by atoms with Gasteiger partial charge >= 0.3 is 6.09 Å². The summed E-state index contributed by atoms with van der Waals surface area (Å²) in [6, 6.07) is 0. The lowest BCUT2D eigenvalue weighted by atomic mass is 10.0. The highest BCUT2D eigenvalue weighted by Crippen LogP contribution is 2.04. The standard InChI is InChI=1S/C7H14N2O3/c1-5(4-6(8)10)2-3-9-7(11)12/h5,9H,2-4H2,1H3,(H2,8,10)(H,11,12). The molecule has 70 valence electrons. The van der Waals surface area contributed by atoms with E-state index in [1.54, 1.807) is 0 Å². The van der Waals surface area contributed by atoms with Crippen molar-refractivity contribution in [2.24, 2.45) is 11.7 Å². The van der Waals surface area contributed by atoms with Gasteiger partial charge in [-0.15, -0.1) is 0 Å². The summed E-state index contributed by atoms with van der Waals surface area (Å²) in [4.78, 5) is 20.4. The van der Waals surface area contributed by atoms with E-state index in [0.717, 1.165) is 0 Å². The zero-order chi connectivity index (χ0) is 9.56. The van der Waals surface area contributed by atoms with Crippen molar-refractivity contribution >= 4 is 12.0 Å². The number of rotatable bonds is 5. The predicted molar refractivity (Wildman–Crippen MR) is 43.6 cm³/mol. The minimum Gasteiger partial charge on any atom is -0.465 e. The van der Waals surface area contributed by atoms with Gasteiger partial charge in [0.25, 0.3) is 0 Å². The molecular formula is C7H14N2O3. The molecular weight excluding hydrogens is 160 g/mol. The van der Waals surface area contributed by atoms with Crippen molar-refractivity contribution in [1.29, 1.82) is 0 Å². The van der Waals surface area contributed by atoms with E-state index >= 15 is 0 Å². The molecule has 0 saturated carbocycles. The molecule has 0 heterocycles. The Morgan fingerprint density at radius 1 is 1.58 bits per heavy atom. The van der Waals surface area contributed by atoms with Crippen molar-refractivity contribution in [2.45, 2.75) is 19.8 Å².